The molecule has 3 heterocycles. The second-order valence-corrected chi connectivity index (χ2v) is 5.89. The lowest BCUT2D eigenvalue weighted by Crippen LogP contribution is -2.29. The number of para-hydroxylation sites is 2. The Balaban J connectivity index is 1.84. The molecule has 1 saturated heterocycles. The van der Waals surface area contributed by atoms with Crippen LogP contribution >= 0.6 is 12.2 Å². The predicted molar refractivity (Wildman–Crippen MR) is 94.7 cm³/mol. The molecular weight excluding hydrogens is 322 g/mol. The third-order valence-corrected chi connectivity index (χ3v) is 4.39. The Labute approximate surface area is 144 Å². The second-order valence-electron chi connectivity index (χ2n) is 5.50. The summed E-state index contributed by atoms with van der Waals surface area (Å²) in [6.07, 6.45) is 3.39. The molecular formula is C18H15N3O2S. The molecule has 1 aromatic carbocycles. The second kappa shape index (κ2) is 5.98. The van der Waals surface area contributed by atoms with Crippen LogP contribution in [0.4, 0.5) is 5.69 Å². The Morgan fingerprint density at radius 2 is 1.92 bits per heavy atom. The maximum absolute atomic E-state index is 10.3. The van der Waals surface area contributed by atoms with E-state index in [-0.39, 0.29) is 17.8 Å². The van der Waals surface area contributed by atoms with Crippen molar-refractivity contribution in [1.29, 1.82) is 0 Å². The number of rotatable bonds is 3. The first kappa shape index (κ1) is 14.7. The lowest BCUT2D eigenvalue weighted by Gasteiger charge is -2.26. The average Bonchev–Trinajstić information content (AvgIpc) is 3.24. The zero-order valence-corrected chi connectivity index (χ0v) is 13.5. The third-order valence-electron chi connectivity index (χ3n) is 4.07. The molecule has 3 aromatic rings. The summed E-state index contributed by atoms with van der Waals surface area (Å²) in [5.74, 6) is 0.918. The number of hydrogen-bond donors (Lipinski definition) is 2. The molecule has 0 radical (unpaired) electrons. The normalized spacial score (nSPS) is 20.2. The molecule has 1 fully saturated rings. The molecule has 2 aromatic heterocycles. The zero-order valence-electron chi connectivity index (χ0n) is 12.7. The van der Waals surface area contributed by atoms with Gasteiger partial charge in [-0.1, -0.05) is 18.2 Å². The Morgan fingerprint density at radius 1 is 1.08 bits per heavy atom. The number of phenolic OH excluding ortho intramolecular Hbond substituents is 1. The molecule has 1 aliphatic rings. The molecule has 2 atom stereocenters. The van der Waals surface area contributed by atoms with Gasteiger partial charge in [-0.3, -0.25) is 4.98 Å². The van der Waals surface area contributed by atoms with E-state index < -0.39 is 0 Å². The molecule has 6 heteroatoms. The summed E-state index contributed by atoms with van der Waals surface area (Å²) in [6.45, 7) is 0. The van der Waals surface area contributed by atoms with Crippen LogP contribution in [0.25, 0.3) is 0 Å². The number of furan rings is 1. The summed E-state index contributed by atoms with van der Waals surface area (Å²) < 4.78 is 5.66. The highest BCUT2D eigenvalue weighted by Crippen LogP contribution is 2.43. The van der Waals surface area contributed by atoms with Gasteiger partial charge >= 0.3 is 0 Å². The van der Waals surface area contributed by atoms with Crippen LogP contribution in [0.5, 0.6) is 5.75 Å². The molecule has 24 heavy (non-hydrogen) atoms. The first-order valence-electron chi connectivity index (χ1n) is 7.58. The Hall–Kier alpha value is -2.86. The largest absolute Gasteiger partial charge is 0.506 e. The number of nitrogens with zero attached hydrogens (tertiary/aromatic N) is 2. The predicted octanol–water partition coefficient (Wildman–Crippen LogP) is 3.56. The van der Waals surface area contributed by atoms with Gasteiger partial charge in [-0.2, -0.15) is 0 Å². The number of thiocarbonyl (C=S) groups is 1. The lowest BCUT2D eigenvalue weighted by molar-refractivity contribution is 0.428. The van der Waals surface area contributed by atoms with E-state index in [1.165, 1.54) is 0 Å². The van der Waals surface area contributed by atoms with Crippen molar-refractivity contribution in [2.75, 3.05) is 4.90 Å². The van der Waals surface area contributed by atoms with Gasteiger partial charge in [0.1, 0.15) is 17.6 Å². The van der Waals surface area contributed by atoms with Gasteiger partial charge in [0.25, 0.3) is 0 Å². The van der Waals surface area contributed by atoms with Crippen molar-refractivity contribution in [2.24, 2.45) is 0 Å². The van der Waals surface area contributed by atoms with Crippen LogP contribution in [0.1, 0.15) is 23.5 Å². The van der Waals surface area contributed by atoms with Gasteiger partial charge in [-0.25, -0.2) is 0 Å². The van der Waals surface area contributed by atoms with Crippen molar-refractivity contribution >= 4 is 23.0 Å². The fourth-order valence-corrected chi connectivity index (χ4v) is 3.37. The van der Waals surface area contributed by atoms with Crippen molar-refractivity contribution in [3.05, 3.63) is 78.5 Å². The van der Waals surface area contributed by atoms with Crippen molar-refractivity contribution in [1.82, 2.24) is 10.3 Å². The van der Waals surface area contributed by atoms with Crippen molar-refractivity contribution in [3.8, 4) is 5.75 Å². The lowest BCUT2D eigenvalue weighted by atomic mass is 10.0. The summed E-state index contributed by atoms with van der Waals surface area (Å²) in [4.78, 5) is 6.33. The van der Waals surface area contributed by atoms with Crippen molar-refractivity contribution in [3.63, 3.8) is 0 Å². The highest BCUT2D eigenvalue weighted by molar-refractivity contribution is 7.80. The summed E-state index contributed by atoms with van der Waals surface area (Å²) >= 11 is 5.54. The van der Waals surface area contributed by atoms with E-state index in [1.54, 1.807) is 24.6 Å². The van der Waals surface area contributed by atoms with Gasteiger partial charge in [0.15, 0.2) is 5.11 Å². The third kappa shape index (κ3) is 2.41. The molecule has 5 nitrogen and oxygen atoms in total. The summed E-state index contributed by atoms with van der Waals surface area (Å²) in [7, 11) is 0. The van der Waals surface area contributed by atoms with Gasteiger partial charge in [0, 0.05) is 6.20 Å². The Bertz CT molecular complexity index is 852. The first-order chi connectivity index (χ1) is 11.8. The topological polar surface area (TPSA) is 61.5 Å². The molecule has 0 amide bonds. The fourth-order valence-electron chi connectivity index (χ4n) is 3.03. The van der Waals surface area contributed by atoms with Crippen LogP contribution in [-0.2, 0) is 0 Å². The minimum atomic E-state index is -0.240. The number of pyridine rings is 1. The maximum Gasteiger partial charge on any atom is 0.174 e. The minimum Gasteiger partial charge on any atom is -0.506 e. The van der Waals surface area contributed by atoms with Crippen LogP contribution in [0.3, 0.4) is 0 Å². The first-order valence-corrected chi connectivity index (χ1v) is 7.98. The average molecular weight is 337 g/mol. The zero-order chi connectivity index (χ0) is 16.5. The Kier molecular flexibility index (Phi) is 3.66. The summed E-state index contributed by atoms with van der Waals surface area (Å²) in [6, 6.07) is 16.2. The van der Waals surface area contributed by atoms with E-state index in [1.807, 2.05) is 47.4 Å². The van der Waals surface area contributed by atoms with Crippen LogP contribution in [0, 0.1) is 0 Å². The van der Waals surface area contributed by atoms with Crippen molar-refractivity contribution < 1.29 is 9.52 Å². The van der Waals surface area contributed by atoms with Crippen LogP contribution in [0.15, 0.2) is 71.5 Å². The molecule has 0 aliphatic carbocycles. The van der Waals surface area contributed by atoms with E-state index in [0.29, 0.717) is 10.8 Å². The van der Waals surface area contributed by atoms with Crippen LogP contribution in [0.2, 0.25) is 0 Å². The SMILES string of the molecule is Oc1ccccc1N1C(=S)N[C@H](c2ccccn2)[C@@H]1c1ccco1. The summed E-state index contributed by atoms with van der Waals surface area (Å²) in [5, 5.41) is 14.1. The quantitative estimate of drug-likeness (QED) is 0.713. The molecule has 2 N–H and O–H groups in total. The summed E-state index contributed by atoms with van der Waals surface area (Å²) in [5.41, 5.74) is 1.49. The van der Waals surface area contributed by atoms with E-state index in [2.05, 4.69) is 10.3 Å². The van der Waals surface area contributed by atoms with Gasteiger partial charge in [-0.15, -0.1) is 0 Å². The number of nitrogens with one attached hydrogen (secondary N) is 1. The van der Waals surface area contributed by atoms with E-state index in [4.69, 9.17) is 16.6 Å². The fraction of sp³-hybridized carbons (Fsp3) is 0.111. The molecule has 4 rings (SSSR count). The number of benzene rings is 1. The molecule has 0 saturated carbocycles. The van der Waals surface area contributed by atoms with Crippen LogP contribution < -0.4 is 10.2 Å². The van der Waals surface area contributed by atoms with Gasteiger partial charge < -0.3 is 19.7 Å². The smallest absolute Gasteiger partial charge is 0.174 e. The molecule has 0 unspecified atom stereocenters. The van der Waals surface area contributed by atoms with E-state index >= 15 is 0 Å². The number of hydrogen-bond acceptors (Lipinski definition) is 4. The van der Waals surface area contributed by atoms with Gasteiger partial charge in [0.2, 0.25) is 0 Å². The van der Waals surface area contributed by atoms with Crippen molar-refractivity contribution in [2.45, 2.75) is 12.1 Å². The molecule has 1 aliphatic heterocycles. The highest BCUT2D eigenvalue weighted by atomic mass is 32.1. The number of aromatic hydroxyl groups is 1. The standard InChI is InChI=1S/C18H15N3O2S/c22-14-8-2-1-7-13(14)21-17(15-9-5-11-23-15)16(20-18(21)24)12-6-3-4-10-19-12/h1-11,16-17,22H,(H,20,24)/t16-,17+/m1/s1. The molecule has 0 bridgehead atoms. The highest BCUT2D eigenvalue weighted by Gasteiger charge is 2.42. The van der Waals surface area contributed by atoms with Gasteiger partial charge in [-0.05, 0) is 48.6 Å². The minimum absolute atomic E-state index is 0.167. The molecule has 0 spiro atoms. The number of anilines is 1. The molecule has 120 valence electrons. The number of phenols is 1. The monoisotopic (exact) mass is 337 g/mol. The Morgan fingerprint density at radius 3 is 2.62 bits per heavy atom. The van der Waals surface area contributed by atoms with E-state index in [0.717, 1.165) is 11.5 Å². The van der Waals surface area contributed by atoms with Gasteiger partial charge in [0.05, 0.1) is 23.7 Å². The maximum atomic E-state index is 10.3. The number of aromatic nitrogens is 1. The van der Waals surface area contributed by atoms with E-state index in [9.17, 15) is 5.11 Å². The van der Waals surface area contributed by atoms with Crippen LogP contribution in [-0.4, -0.2) is 15.2 Å².